The number of anilines is 1. The smallest absolute Gasteiger partial charge is 0.319 e. The Hall–Kier alpha value is -3.14. The van der Waals surface area contributed by atoms with Gasteiger partial charge in [-0.05, 0) is 31.5 Å². The lowest BCUT2D eigenvalue weighted by Gasteiger charge is -2.04. The van der Waals surface area contributed by atoms with Crippen LogP contribution in [0.2, 0.25) is 0 Å². The number of hydrogen-bond donors (Lipinski definition) is 1. The Balaban J connectivity index is 2.43. The number of hydrogen-bond acceptors (Lipinski definition) is 6. The van der Waals surface area contributed by atoms with Crippen molar-refractivity contribution < 1.29 is 4.74 Å². The first-order chi connectivity index (χ1) is 11.1. The van der Waals surface area contributed by atoms with Gasteiger partial charge in [-0.3, -0.25) is 0 Å². The Morgan fingerprint density at radius 2 is 2.09 bits per heavy atom. The van der Waals surface area contributed by atoms with E-state index in [2.05, 4.69) is 21.0 Å². The lowest BCUT2D eigenvalue weighted by molar-refractivity contribution is 0.313. The summed E-state index contributed by atoms with van der Waals surface area (Å²) in [6.45, 7) is 4.56. The van der Waals surface area contributed by atoms with E-state index in [4.69, 9.17) is 15.7 Å². The molecule has 0 unspecified atom stereocenters. The van der Waals surface area contributed by atoms with E-state index in [0.29, 0.717) is 24.4 Å². The summed E-state index contributed by atoms with van der Waals surface area (Å²) in [5.74, 6) is 0.259. The van der Waals surface area contributed by atoms with Gasteiger partial charge >= 0.3 is 6.01 Å². The minimum Gasteiger partial charge on any atom is -0.464 e. The maximum atomic E-state index is 8.98. The molecule has 7 heteroatoms. The Labute approximate surface area is 134 Å². The number of nitrogen functional groups attached to an aromatic ring is 1. The van der Waals surface area contributed by atoms with Gasteiger partial charge in [0.2, 0.25) is 0 Å². The fourth-order valence-corrected chi connectivity index (χ4v) is 1.82. The van der Waals surface area contributed by atoms with E-state index in [1.165, 1.54) is 0 Å². The summed E-state index contributed by atoms with van der Waals surface area (Å²) < 4.78 is 7.11. The molecule has 0 aliphatic carbocycles. The van der Waals surface area contributed by atoms with Crippen LogP contribution in [0.4, 0.5) is 5.82 Å². The molecule has 2 aromatic rings. The minimum atomic E-state index is 0.186. The average Bonchev–Trinajstić information content (AvgIpc) is 2.61. The molecule has 0 aliphatic rings. The van der Waals surface area contributed by atoms with Crippen LogP contribution in [0.3, 0.4) is 0 Å². The van der Waals surface area contributed by atoms with Crippen LogP contribution in [0.15, 0.2) is 36.9 Å². The zero-order chi connectivity index (χ0) is 16.7. The highest BCUT2D eigenvalue weighted by Gasteiger charge is 2.00. The molecular weight excluding hydrogens is 292 g/mol. The van der Waals surface area contributed by atoms with Crippen molar-refractivity contribution in [2.75, 3.05) is 12.3 Å². The number of nitrogens with zero attached hydrogens (tertiary/aromatic N) is 5. The van der Waals surface area contributed by atoms with Gasteiger partial charge < -0.3 is 15.0 Å². The number of nitriles is 1. The van der Waals surface area contributed by atoms with Gasteiger partial charge in [0.25, 0.3) is 0 Å². The minimum absolute atomic E-state index is 0.186. The molecule has 0 saturated heterocycles. The van der Waals surface area contributed by atoms with Crippen molar-refractivity contribution in [3.63, 3.8) is 0 Å². The monoisotopic (exact) mass is 310 g/mol. The third kappa shape index (κ3) is 4.68. The van der Waals surface area contributed by atoms with Crippen LogP contribution in [-0.2, 0) is 6.54 Å². The lowest BCUT2D eigenvalue weighted by Crippen LogP contribution is -2.01. The van der Waals surface area contributed by atoms with Crippen LogP contribution >= 0.6 is 0 Å². The summed E-state index contributed by atoms with van der Waals surface area (Å²) in [5, 5.41) is 8.98. The normalized spacial score (nSPS) is 9.78. The summed E-state index contributed by atoms with van der Waals surface area (Å²) in [6, 6.07) is 9.67. The molecule has 0 fully saturated rings. The van der Waals surface area contributed by atoms with Crippen LogP contribution < -0.4 is 10.5 Å². The summed E-state index contributed by atoms with van der Waals surface area (Å²) >= 11 is 0. The third-order valence-corrected chi connectivity index (χ3v) is 3.00. The number of rotatable bonds is 4. The quantitative estimate of drug-likeness (QED) is 0.926. The Bertz CT molecular complexity index is 776. The Morgan fingerprint density at radius 1 is 1.30 bits per heavy atom. The third-order valence-electron chi connectivity index (χ3n) is 3.00. The molecule has 0 aliphatic heterocycles. The fourth-order valence-electron chi connectivity index (χ4n) is 1.82. The van der Waals surface area contributed by atoms with Gasteiger partial charge in [0.15, 0.2) is 5.82 Å². The number of aryl methyl sites for hydroxylation is 1. The highest BCUT2D eigenvalue weighted by Crippen LogP contribution is 2.07. The Morgan fingerprint density at radius 3 is 2.83 bits per heavy atom. The SMILES string of the molecule is CCOc1ncn(Cc2cccc(C#N)c2)cnc(C)c(N)n1. The van der Waals surface area contributed by atoms with Crippen molar-refractivity contribution in [2.45, 2.75) is 20.4 Å². The summed E-state index contributed by atoms with van der Waals surface area (Å²) in [7, 11) is 0. The van der Waals surface area contributed by atoms with E-state index in [-0.39, 0.29) is 11.8 Å². The van der Waals surface area contributed by atoms with Crippen molar-refractivity contribution in [3.8, 4) is 12.1 Å². The molecule has 0 amide bonds. The zero-order valence-electron chi connectivity index (χ0n) is 13.1. The van der Waals surface area contributed by atoms with Crippen molar-refractivity contribution >= 4 is 5.82 Å². The summed E-state index contributed by atoms with van der Waals surface area (Å²) in [4.78, 5) is 12.6. The van der Waals surface area contributed by atoms with E-state index in [1.54, 1.807) is 30.2 Å². The zero-order valence-corrected chi connectivity index (χ0v) is 13.1. The number of aromatic nitrogens is 4. The molecule has 0 saturated carbocycles. The van der Waals surface area contributed by atoms with Crippen LogP contribution in [-0.4, -0.2) is 26.1 Å². The molecule has 118 valence electrons. The summed E-state index contributed by atoms with van der Waals surface area (Å²) in [5.41, 5.74) is 7.99. The van der Waals surface area contributed by atoms with E-state index >= 15 is 0 Å². The fraction of sp³-hybridized carbons (Fsp3) is 0.250. The van der Waals surface area contributed by atoms with Gasteiger partial charge in [0.1, 0.15) is 6.33 Å². The molecule has 0 atom stereocenters. The van der Waals surface area contributed by atoms with Crippen molar-refractivity contribution in [1.82, 2.24) is 19.5 Å². The maximum Gasteiger partial charge on any atom is 0.319 e. The van der Waals surface area contributed by atoms with Gasteiger partial charge in [0.05, 0.1) is 30.3 Å². The van der Waals surface area contributed by atoms with Gasteiger partial charge in [-0.15, -0.1) is 0 Å². The molecule has 2 N–H and O–H groups in total. The largest absolute Gasteiger partial charge is 0.464 e. The topological polar surface area (TPSA) is 103 Å². The van der Waals surface area contributed by atoms with E-state index < -0.39 is 0 Å². The second kappa shape index (κ2) is 7.75. The van der Waals surface area contributed by atoms with Gasteiger partial charge in [0, 0.05) is 6.54 Å². The molecule has 1 heterocycles. The molecule has 0 spiro atoms. The molecule has 1 aromatic carbocycles. The van der Waals surface area contributed by atoms with E-state index in [9.17, 15) is 0 Å². The van der Waals surface area contributed by atoms with Crippen molar-refractivity contribution in [3.05, 3.63) is 53.7 Å². The maximum absolute atomic E-state index is 8.98. The van der Waals surface area contributed by atoms with E-state index in [0.717, 1.165) is 5.56 Å². The predicted molar refractivity (Wildman–Crippen MR) is 86.0 cm³/mol. The Kier molecular flexibility index (Phi) is 5.47. The summed E-state index contributed by atoms with van der Waals surface area (Å²) in [6.07, 6.45) is 3.19. The lowest BCUT2D eigenvalue weighted by atomic mass is 10.1. The highest BCUT2D eigenvalue weighted by atomic mass is 16.5. The first-order valence-electron chi connectivity index (χ1n) is 7.13. The van der Waals surface area contributed by atoms with Crippen molar-refractivity contribution in [1.29, 1.82) is 5.26 Å². The molecule has 2 rings (SSSR count). The van der Waals surface area contributed by atoms with Crippen LogP contribution in [0.1, 0.15) is 23.7 Å². The number of nitrogens with two attached hydrogens (primary N) is 1. The van der Waals surface area contributed by atoms with Crippen molar-refractivity contribution in [2.24, 2.45) is 0 Å². The highest BCUT2D eigenvalue weighted by molar-refractivity contribution is 5.33. The first kappa shape index (κ1) is 16.2. The molecular formula is C16H18N6O. The second-order valence-corrected chi connectivity index (χ2v) is 4.77. The average molecular weight is 310 g/mol. The standard InChI is InChI=1S/C16H18N6O/c1-3-23-16-20-11-22(10-19-12(2)15(18)21-16)9-14-6-4-5-13(7-14)8-17/h4-7,10-11H,3,9,18H2,1-2H3. The molecule has 1 aromatic heterocycles. The second-order valence-electron chi connectivity index (χ2n) is 4.77. The number of ether oxygens (including phenoxy) is 1. The van der Waals surface area contributed by atoms with Gasteiger partial charge in [-0.1, -0.05) is 12.1 Å². The molecule has 0 bridgehead atoms. The van der Waals surface area contributed by atoms with Crippen LogP contribution in [0.5, 0.6) is 6.01 Å². The van der Waals surface area contributed by atoms with E-state index in [1.807, 2.05) is 25.1 Å². The molecule has 23 heavy (non-hydrogen) atoms. The predicted octanol–water partition coefficient (Wildman–Crippen LogP) is 2.01. The van der Waals surface area contributed by atoms with Gasteiger partial charge in [-0.2, -0.15) is 15.2 Å². The van der Waals surface area contributed by atoms with Crippen LogP contribution in [0, 0.1) is 18.3 Å². The molecule has 0 radical (unpaired) electrons. The molecule has 7 nitrogen and oxygen atoms in total. The van der Waals surface area contributed by atoms with Gasteiger partial charge in [-0.25, -0.2) is 4.98 Å². The first-order valence-corrected chi connectivity index (χ1v) is 7.13. The number of benzene rings is 1. The van der Waals surface area contributed by atoms with Crippen LogP contribution in [0.25, 0.3) is 0 Å².